The van der Waals surface area contributed by atoms with Crippen molar-refractivity contribution in [3.63, 3.8) is 0 Å². The summed E-state index contributed by atoms with van der Waals surface area (Å²) in [6, 6.07) is 0. The van der Waals surface area contributed by atoms with E-state index in [1.54, 1.807) is 0 Å². The van der Waals surface area contributed by atoms with Crippen LogP contribution in [-0.2, 0) is 0 Å². The molecule has 0 heterocycles. The van der Waals surface area contributed by atoms with Crippen LogP contribution >= 0.6 is 0 Å². The first-order valence-corrected chi connectivity index (χ1v) is 23.2. The average molecular weight is 353 g/mol. The molecule has 0 aliphatic carbocycles. The van der Waals surface area contributed by atoms with Gasteiger partial charge in [-0.25, -0.2) is 0 Å². The third kappa shape index (κ3) is 2.84. The molecule has 0 spiro atoms. The number of hydrogen-bond acceptors (Lipinski definition) is 0. The Labute approximate surface area is 115 Å². The molecule has 104 valence electrons. The summed E-state index contributed by atoms with van der Waals surface area (Å²) in [6.45, 7) is 21.8. The first-order chi connectivity index (χ1) is 7.00. The van der Waals surface area contributed by atoms with Crippen LogP contribution < -0.4 is 0 Å². The van der Waals surface area contributed by atoms with E-state index in [-0.39, 0.29) is 3.12 Å². The summed E-state index contributed by atoms with van der Waals surface area (Å²) in [5.74, 6) is 4.07. The third-order valence-electron chi connectivity index (χ3n) is 4.27. The van der Waals surface area contributed by atoms with Crippen LogP contribution in [0.3, 0.4) is 0 Å². The quantitative estimate of drug-likeness (QED) is 0.583. The van der Waals surface area contributed by atoms with Gasteiger partial charge in [0.15, 0.2) is 0 Å². The van der Waals surface area contributed by atoms with Crippen molar-refractivity contribution in [3.05, 3.63) is 0 Å². The Morgan fingerprint density at radius 2 is 0.824 bits per heavy atom. The minimum absolute atomic E-state index is 0.188. The van der Waals surface area contributed by atoms with Crippen molar-refractivity contribution in [1.82, 2.24) is 0 Å². The predicted octanol–water partition coefficient (Wildman–Crippen LogP) is 5.53. The van der Waals surface area contributed by atoms with Gasteiger partial charge in [-0.2, -0.15) is 0 Å². The fourth-order valence-corrected chi connectivity index (χ4v) is 72.1. The maximum absolute atomic E-state index is 15.5. The normalized spacial score (nSPS) is 16.2. The monoisotopic (exact) mass is 354 g/mol. The van der Waals surface area contributed by atoms with Gasteiger partial charge in [-0.15, -0.1) is 0 Å². The Morgan fingerprint density at radius 1 is 0.647 bits per heavy atom. The summed E-state index contributed by atoms with van der Waals surface area (Å²) in [6.07, 6.45) is 0. The molecule has 0 saturated carbocycles. The molecule has 0 aliphatic rings. The van der Waals surface area contributed by atoms with Crippen LogP contribution in [0.5, 0.6) is 0 Å². The van der Waals surface area contributed by atoms with E-state index in [9.17, 15) is 0 Å². The fourth-order valence-electron chi connectivity index (χ4n) is 6.05. The first kappa shape index (κ1) is 18.1. The van der Waals surface area contributed by atoms with Gasteiger partial charge in [0.2, 0.25) is 0 Å². The summed E-state index contributed by atoms with van der Waals surface area (Å²) in [7, 11) is -4.53. The summed E-state index contributed by atoms with van der Waals surface area (Å²) >= 11 is -3.22. The molecule has 0 rings (SSSR count). The van der Waals surface area contributed by atoms with Crippen LogP contribution in [0.2, 0.25) is 73.6 Å². The van der Waals surface area contributed by atoms with Crippen LogP contribution in [0.15, 0.2) is 0 Å². The van der Waals surface area contributed by atoms with Gasteiger partial charge in [0.25, 0.3) is 0 Å². The standard InChI is InChI=1S/C12H33FGeSi3/c1-14(2,13)12(15(3,4)5,16(6,7)8)17(9,10)11/h1-11H3. The van der Waals surface area contributed by atoms with Gasteiger partial charge in [0.05, 0.1) is 0 Å². The average Bonchev–Trinajstić information content (AvgIpc) is 1.67. The molecule has 0 aromatic heterocycles. The van der Waals surface area contributed by atoms with E-state index in [1.165, 1.54) is 0 Å². The van der Waals surface area contributed by atoms with Crippen LogP contribution in [0, 0.1) is 0 Å². The van der Waals surface area contributed by atoms with Gasteiger partial charge in [0, 0.05) is 0 Å². The second kappa shape index (κ2) is 4.60. The molecule has 0 saturated heterocycles. The molecule has 17 heavy (non-hydrogen) atoms. The van der Waals surface area contributed by atoms with Crippen molar-refractivity contribution in [3.8, 4) is 0 Å². The maximum atomic E-state index is 15.5. The van der Waals surface area contributed by atoms with Crippen molar-refractivity contribution in [2.45, 2.75) is 73.6 Å². The van der Waals surface area contributed by atoms with Gasteiger partial charge >= 0.3 is 115 Å². The molecule has 0 aromatic rings. The second-order valence-corrected chi connectivity index (χ2v) is 37.1. The number of hydrogen-bond donors (Lipinski definition) is 0. The molecule has 0 N–H and O–H groups in total. The molecule has 0 radical (unpaired) electrons. The first-order valence-electron chi connectivity index (χ1n) is 6.69. The number of halogens is 1. The van der Waals surface area contributed by atoms with E-state index in [1.807, 2.05) is 11.5 Å². The van der Waals surface area contributed by atoms with Crippen molar-refractivity contribution in [2.24, 2.45) is 0 Å². The van der Waals surface area contributed by atoms with Gasteiger partial charge in [0.1, 0.15) is 0 Å². The molecular formula is C12H33FGeSi3. The fraction of sp³-hybridized carbons (Fsp3) is 1.00. The Kier molecular flexibility index (Phi) is 4.90. The Morgan fingerprint density at radius 3 is 0.824 bits per heavy atom. The minimum atomic E-state index is -3.22. The Hall–Kier alpha value is 1.12. The van der Waals surface area contributed by atoms with E-state index in [0.717, 1.165) is 0 Å². The molecule has 0 amide bonds. The van der Waals surface area contributed by atoms with Gasteiger partial charge in [-0.3, -0.25) is 0 Å². The summed E-state index contributed by atoms with van der Waals surface area (Å²) in [5.41, 5.74) is 0. The Bertz CT molecular complexity index is 215. The molecule has 0 aliphatic heterocycles. The van der Waals surface area contributed by atoms with Crippen molar-refractivity contribution < 1.29 is 3.50 Å². The van der Waals surface area contributed by atoms with Crippen LogP contribution in [-0.4, -0.2) is 38.0 Å². The van der Waals surface area contributed by atoms with Crippen LogP contribution in [0.4, 0.5) is 3.50 Å². The van der Waals surface area contributed by atoms with E-state index < -0.39 is 38.0 Å². The van der Waals surface area contributed by atoms with Crippen molar-refractivity contribution >= 4 is 38.0 Å². The van der Waals surface area contributed by atoms with E-state index in [4.69, 9.17) is 0 Å². The van der Waals surface area contributed by atoms with Gasteiger partial charge < -0.3 is 0 Å². The predicted molar refractivity (Wildman–Crippen MR) is 91.3 cm³/mol. The summed E-state index contributed by atoms with van der Waals surface area (Å²) in [5, 5.41) is 0. The summed E-state index contributed by atoms with van der Waals surface area (Å²) in [4.78, 5) is 0. The van der Waals surface area contributed by atoms with E-state index in [2.05, 4.69) is 58.9 Å². The summed E-state index contributed by atoms with van der Waals surface area (Å²) < 4.78 is 15.7. The molecule has 0 nitrogen and oxygen atoms in total. The molecular weight excluding hydrogens is 320 g/mol. The topological polar surface area (TPSA) is 0 Å². The molecule has 0 fully saturated rings. The molecule has 0 atom stereocenters. The zero-order valence-electron chi connectivity index (χ0n) is 13.9. The molecule has 5 heteroatoms. The SMILES string of the molecule is C[Si](C)(C)[C]([Si](C)(C)C)([Si](C)(C)C)[Ge]([CH3])([CH3])[F]. The number of rotatable bonds is 4. The zero-order chi connectivity index (χ0) is 14.5. The molecule has 0 bridgehead atoms. The van der Waals surface area contributed by atoms with E-state index >= 15 is 3.50 Å². The van der Waals surface area contributed by atoms with Crippen molar-refractivity contribution in [2.75, 3.05) is 0 Å². The zero-order valence-corrected chi connectivity index (χ0v) is 19.0. The van der Waals surface area contributed by atoms with Gasteiger partial charge in [-0.05, 0) is 0 Å². The van der Waals surface area contributed by atoms with Gasteiger partial charge in [-0.1, -0.05) is 0 Å². The molecule has 0 unspecified atom stereocenters. The van der Waals surface area contributed by atoms with Crippen LogP contribution in [0.1, 0.15) is 0 Å². The second-order valence-electron chi connectivity index (χ2n) is 8.97. The molecule has 0 aromatic carbocycles. The van der Waals surface area contributed by atoms with Crippen LogP contribution in [0.25, 0.3) is 0 Å². The Balaban J connectivity index is 6.37. The van der Waals surface area contributed by atoms with Crippen molar-refractivity contribution in [1.29, 1.82) is 0 Å². The third-order valence-corrected chi connectivity index (χ3v) is 51.7. The van der Waals surface area contributed by atoms with E-state index in [0.29, 0.717) is 0 Å².